The lowest BCUT2D eigenvalue weighted by molar-refractivity contribution is -0.138. The van der Waals surface area contributed by atoms with Crippen molar-refractivity contribution in [3.05, 3.63) is 0 Å². The van der Waals surface area contributed by atoms with Gasteiger partial charge in [0.1, 0.15) is 18.6 Å². The van der Waals surface area contributed by atoms with Crippen molar-refractivity contribution in [1.82, 2.24) is 16.0 Å². The van der Waals surface area contributed by atoms with Gasteiger partial charge in [0, 0.05) is 6.42 Å². The molecular formula is C16H28N4O7. The number of nitrogens with two attached hydrogens (primary N) is 1. The summed E-state index contributed by atoms with van der Waals surface area (Å²) in [5, 5.41) is 24.2. The van der Waals surface area contributed by atoms with Gasteiger partial charge in [-0.25, -0.2) is 0 Å². The first kappa shape index (κ1) is 24.3. The Bertz CT molecular complexity index is 565. The van der Waals surface area contributed by atoms with Crippen LogP contribution in [0.4, 0.5) is 0 Å². The van der Waals surface area contributed by atoms with Crippen LogP contribution in [-0.2, 0) is 24.0 Å². The van der Waals surface area contributed by atoms with Gasteiger partial charge in [0.2, 0.25) is 17.7 Å². The highest BCUT2D eigenvalue weighted by Gasteiger charge is 2.27. The number of carbonyl (C=O) groups excluding carboxylic acids is 3. The second-order valence-corrected chi connectivity index (χ2v) is 6.57. The first-order valence-electron chi connectivity index (χ1n) is 8.51. The number of aliphatic carboxylic acids is 2. The summed E-state index contributed by atoms with van der Waals surface area (Å²) in [6, 6.07) is -3.13. The SMILES string of the molecule is CC(C)CC(N)C(=O)NC(CCC(=O)O)C(=O)NC(C)C(=O)NCC(=O)O. The summed E-state index contributed by atoms with van der Waals surface area (Å²) in [6.07, 6.45) is -0.185. The fraction of sp³-hybridized carbons (Fsp3) is 0.688. The lowest BCUT2D eigenvalue weighted by atomic mass is 10.0. The molecule has 0 fully saturated rings. The average molecular weight is 388 g/mol. The fourth-order valence-corrected chi connectivity index (χ4v) is 2.13. The fourth-order valence-electron chi connectivity index (χ4n) is 2.13. The first-order chi connectivity index (χ1) is 12.4. The summed E-state index contributed by atoms with van der Waals surface area (Å²) in [6.45, 7) is 4.47. The predicted octanol–water partition coefficient (Wildman–Crippen LogP) is -1.59. The van der Waals surface area contributed by atoms with Crippen LogP contribution in [0.25, 0.3) is 0 Å². The van der Waals surface area contributed by atoms with E-state index in [2.05, 4.69) is 16.0 Å². The van der Waals surface area contributed by atoms with Crippen molar-refractivity contribution < 1.29 is 34.2 Å². The van der Waals surface area contributed by atoms with Gasteiger partial charge in [-0.15, -0.1) is 0 Å². The monoisotopic (exact) mass is 388 g/mol. The van der Waals surface area contributed by atoms with Crippen molar-refractivity contribution in [1.29, 1.82) is 0 Å². The van der Waals surface area contributed by atoms with Crippen LogP contribution in [0.1, 0.15) is 40.0 Å². The Labute approximate surface area is 157 Å². The van der Waals surface area contributed by atoms with Gasteiger partial charge in [0.05, 0.1) is 6.04 Å². The molecule has 0 aromatic carbocycles. The smallest absolute Gasteiger partial charge is 0.322 e. The third-order valence-electron chi connectivity index (χ3n) is 3.51. The summed E-state index contributed by atoms with van der Waals surface area (Å²) in [5.41, 5.74) is 5.76. The van der Waals surface area contributed by atoms with Crippen LogP contribution >= 0.6 is 0 Å². The van der Waals surface area contributed by atoms with Crippen molar-refractivity contribution in [2.24, 2.45) is 11.7 Å². The normalized spacial score (nSPS) is 14.0. The molecule has 7 N–H and O–H groups in total. The van der Waals surface area contributed by atoms with Crippen molar-refractivity contribution in [3.63, 3.8) is 0 Å². The van der Waals surface area contributed by atoms with E-state index in [-0.39, 0.29) is 18.8 Å². The van der Waals surface area contributed by atoms with E-state index in [4.69, 9.17) is 15.9 Å². The molecule has 27 heavy (non-hydrogen) atoms. The van der Waals surface area contributed by atoms with E-state index in [0.717, 1.165) is 0 Å². The molecule has 0 spiro atoms. The third kappa shape index (κ3) is 10.8. The summed E-state index contributed by atoms with van der Waals surface area (Å²) in [7, 11) is 0. The van der Waals surface area contributed by atoms with E-state index in [1.165, 1.54) is 6.92 Å². The summed E-state index contributed by atoms with van der Waals surface area (Å²) < 4.78 is 0. The topological polar surface area (TPSA) is 188 Å². The highest BCUT2D eigenvalue weighted by molar-refractivity contribution is 5.93. The summed E-state index contributed by atoms with van der Waals surface area (Å²) in [4.78, 5) is 57.4. The number of carboxylic acid groups (broad SMARTS) is 2. The first-order valence-corrected chi connectivity index (χ1v) is 8.51. The molecule has 3 amide bonds. The number of carboxylic acids is 2. The van der Waals surface area contributed by atoms with Gasteiger partial charge in [-0.1, -0.05) is 13.8 Å². The number of hydrogen-bond donors (Lipinski definition) is 6. The predicted molar refractivity (Wildman–Crippen MR) is 94.5 cm³/mol. The molecule has 0 radical (unpaired) electrons. The number of hydrogen-bond acceptors (Lipinski definition) is 6. The van der Waals surface area contributed by atoms with E-state index in [1.807, 2.05) is 13.8 Å². The molecule has 0 saturated carbocycles. The summed E-state index contributed by atoms with van der Waals surface area (Å²) >= 11 is 0. The molecule has 0 aliphatic rings. The van der Waals surface area contributed by atoms with Gasteiger partial charge in [-0.05, 0) is 25.7 Å². The van der Waals surface area contributed by atoms with Crippen molar-refractivity contribution >= 4 is 29.7 Å². The molecule has 0 heterocycles. The van der Waals surface area contributed by atoms with Crippen molar-refractivity contribution in [2.45, 2.75) is 58.2 Å². The number of amides is 3. The number of nitrogens with one attached hydrogen (secondary N) is 3. The second-order valence-electron chi connectivity index (χ2n) is 6.57. The van der Waals surface area contributed by atoms with Gasteiger partial charge in [-0.3, -0.25) is 24.0 Å². The molecular weight excluding hydrogens is 360 g/mol. The van der Waals surface area contributed by atoms with E-state index in [0.29, 0.717) is 6.42 Å². The Kier molecular flexibility index (Phi) is 10.7. The van der Waals surface area contributed by atoms with Crippen LogP contribution in [-0.4, -0.2) is 64.5 Å². The average Bonchev–Trinajstić information content (AvgIpc) is 2.54. The summed E-state index contributed by atoms with van der Waals surface area (Å²) in [5.74, 6) is -4.34. The number of carbonyl (C=O) groups is 5. The van der Waals surface area contributed by atoms with E-state index >= 15 is 0 Å². The molecule has 3 unspecified atom stereocenters. The molecule has 154 valence electrons. The molecule has 0 aromatic heterocycles. The minimum absolute atomic E-state index is 0.148. The minimum atomic E-state index is -1.24. The Hall–Kier alpha value is -2.69. The van der Waals surface area contributed by atoms with Crippen LogP contribution in [0.15, 0.2) is 0 Å². The molecule has 0 saturated heterocycles. The zero-order valence-corrected chi connectivity index (χ0v) is 15.7. The Balaban J connectivity index is 4.92. The van der Waals surface area contributed by atoms with Gasteiger partial charge >= 0.3 is 11.9 Å². The van der Waals surface area contributed by atoms with Crippen LogP contribution < -0.4 is 21.7 Å². The van der Waals surface area contributed by atoms with Gasteiger partial charge in [-0.2, -0.15) is 0 Å². The quantitative estimate of drug-likeness (QED) is 0.231. The Morgan fingerprint density at radius 1 is 0.889 bits per heavy atom. The number of rotatable bonds is 12. The van der Waals surface area contributed by atoms with E-state index in [9.17, 15) is 24.0 Å². The minimum Gasteiger partial charge on any atom is -0.481 e. The molecule has 11 nitrogen and oxygen atoms in total. The molecule has 0 aliphatic heterocycles. The van der Waals surface area contributed by atoms with Crippen LogP contribution in [0, 0.1) is 5.92 Å². The van der Waals surface area contributed by atoms with Crippen molar-refractivity contribution in [3.8, 4) is 0 Å². The maximum Gasteiger partial charge on any atom is 0.322 e. The zero-order valence-electron chi connectivity index (χ0n) is 15.7. The molecule has 11 heteroatoms. The highest BCUT2D eigenvalue weighted by atomic mass is 16.4. The van der Waals surface area contributed by atoms with Gasteiger partial charge < -0.3 is 31.9 Å². The maximum absolute atomic E-state index is 12.3. The molecule has 0 aromatic rings. The molecule has 0 rings (SSSR count). The molecule has 3 atom stereocenters. The van der Waals surface area contributed by atoms with Crippen LogP contribution in [0.5, 0.6) is 0 Å². The standard InChI is InChI=1S/C16H28N4O7/c1-8(2)6-10(17)15(26)20-11(4-5-12(21)22)16(27)19-9(3)14(25)18-7-13(23)24/h8-11H,4-7,17H2,1-3H3,(H,18,25)(H,19,27)(H,20,26)(H,21,22)(H,23,24). The van der Waals surface area contributed by atoms with Crippen molar-refractivity contribution in [2.75, 3.05) is 6.54 Å². The lowest BCUT2D eigenvalue weighted by Gasteiger charge is -2.22. The maximum atomic E-state index is 12.3. The highest BCUT2D eigenvalue weighted by Crippen LogP contribution is 2.05. The largest absolute Gasteiger partial charge is 0.481 e. The second kappa shape index (κ2) is 11.8. The van der Waals surface area contributed by atoms with Gasteiger partial charge in [0.15, 0.2) is 0 Å². The van der Waals surface area contributed by atoms with Gasteiger partial charge in [0.25, 0.3) is 0 Å². The lowest BCUT2D eigenvalue weighted by Crippen LogP contribution is -2.55. The van der Waals surface area contributed by atoms with Crippen LogP contribution in [0.3, 0.4) is 0 Å². The Morgan fingerprint density at radius 3 is 1.96 bits per heavy atom. The van der Waals surface area contributed by atoms with E-state index < -0.39 is 54.3 Å². The third-order valence-corrected chi connectivity index (χ3v) is 3.51. The molecule has 0 aliphatic carbocycles. The zero-order chi connectivity index (χ0) is 21.1. The van der Waals surface area contributed by atoms with E-state index in [1.54, 1.807) is 0 Å². The molecule has 0 bridgehead atoms. The van der Waals surface area contributed by atoms with Crippen LogP contribution in [0.2, 0.25) is 0 Å². The Morgan fingerprint density at radius 2 is 1.48 bits per heavy atom.